The highest BCUT2D eigenvalue weighted by molar-refractivity contribution is 7.14. The van der Waals surface area contributed by atoms with Crippen LogP contribution in [0.4, 0.5) is 5.00 Å². The molecular formula is C6H6NOS. The zero-order valence-electron chi connectivity index (χ0n) is 5.00. The van der Waals surface area contributed by atoms with Gasteiger partial charge >= 0.3 is 6.41 Å². The molecule has 0 N–H and O–H groups in total. The molecule has 0 atom stereocenters. The van der Waals surface area contributed by atoms with Crippen molar-refractivity contribution in [3.8, 4) is 0 Å². The van der Waals surface area contributed by atoms with E-state index in [2.05, 4.69) is 0 Å². The van der Waals surface area contributed by atoms with Gasteiger partial charge in [-0.2, -0.15) is 0 Å². The average molecular weight is 140 g/mol. The molecule has 0 unspecified atom stereocenters. The molecule has 0 aliphatic carbocycles. The zero-order chi connectivity index (χ0) is 6.69. The highest BCUT2D eigenvalue weighted by Crippen LogP contribution is 2.17. The van der Waals surface area contributed by atoms with Gasteiger partial charge in [0.15, 0.2) is 0 Å². The molecular weight excluding hydrogens is 134 g/mol. The van der Waals surface area contributed by atoms with Gasteiger partial charge in [-0.25, -0.2) is 0 Å². The monoisotopic (exact) mass is 140 g/mol. The topological polar surface area (TPSA) is 20.3 Å². The number of rotatable bonds is 2. The zero-order valence-corrected chi connectivity index (χ0v) is 5.81. The first kappa shape index (κ1) is 6.29. The van der Waals surface area contributed by atoms with E-state index in [1.54, 1.807) is 13.5 Å². The Morgan fingerprint density at radius 1 is 1.78 bits per heavy atom. The third kappa shape index (κ3) is 1.29. The SMILES string of the molecule is CN([C]=O)c1cccs1. The van der Waals surface area contributed by atoms with Crippen LogP contribution in [0.25, 0.3) is 0 Å². The Kier molecular flexibility index (Phi) is 1.85. The fourth-order valence-corrected chi connectivity index (χ4v) is 1.15. The van der Waals surface area contributed by atoms with Crippen LogP contribution in [0.2, 0.25) is 0 Å². The molecule has 0 fully saturated rings. The number of hydrogen-bond acceptors (Lipinski definition) is 2. The number of amides is 1. The summed E-state index contributed by atoms with van der Waals surface area (Å²) in [6, 6.07) is 3.77. The van der Waals surface area contributed by atoms with Crippen molar-refractivity contribution in [2.75, 3.05) is 11.9 Å². The lowest BCUT2D eigenvalue weighted by Gasteiger charge is -2.02. The molecule has 0 saturated heterocycles. The maximum absolute atomic E-state index is 10.0. The normalized spacial score (nSPS) is 9.00. The summed E-state index contributed by atoms with van der Waals surface area (Å²) in [6.07, 6.45) is 1.76. The van der Waals surface area contributed by atoms with Crippen molar-refractivity contribution in [3.05, 3.63) is 17.5 Å². The first-order valence-electron chi connectivity index (χ1n) is 2.49. The van der Waals surface area contributed by atoms with Gasteiger partial charge in [-0.15, -0.1) is 11.3 Å². The minimum atomic E-state index is 0.921. The van der Waals surface area contributed by atoms with Crippen molar-refractivity contribution in [2.24, 2.45) is 0 Å². The number of thiophene rings is 1. The van der Waals surface area contributed by atoms with E-state index in [1.807, 2.05) is 17.5 Å². The fraction of sp³-hybridized carbons (Fsp3) is 0.167. The first-order chi connectivity index (χ1) is 4.34. The molecule has 2 nitrogen and oxygen atoms in total. The van der Waals surface area contributed by atoms with E-state index in [9.17, 15) is 4.79 Å². The maximum atomic E-state index is 10.0. The van der Waals surface area contributed by atoms with Gasteiger partial charge in [0.25, 0.3) is 0 Å². The van der Waals surface area contributed by atoms with Gasteiger partial charge in [0.05, 0.1) is 5.00 Å². The van der Waals surface area contributed by atoms with Crippen LogP contribution >= 0.6 is 11.3 Å². The summed E-state index contributed by atoms with van der Waals surface area (Å²) in [5, 5.41) is 2.84. The minimum absolute atomic E-state index is 0.921. The third-order valence-corrected chi connectivity index (χ3v) is 1.92. The maximum Gasteiger partial charge on any atom is 0.317 e. The quantitative estimate of drug-likeness (QED) is 0.566. The number of carbonyl (C=O) groups excluding carboxylic acids is 1. The predicted octanol–water partition coefficient (Wildman–Crippen LogP) is 1.25. The van der Waals surface area contributed by atoms with Crippen LogP contribution in [-0.2, 0) is 4.79 Å². The Labute approximate surface area is 57.7 Å². The minimum Gasteiger partial charge on any atom is -0.299 e. The van der Waals surface area contributed by atoms with Crippen LogP contribution in [0.3, 0.4) is 0 Å². The molecule has 1 rings (SSSR count). The van der Waals surface area contributed by atoms with Gasteiger partial charge in [0.1, 0.15) is 0 Å². The van der Waals surface area contributed by atoms with Gasteiger partial charge in [-0.3, -0.25) is 9.69 Å². The molecule has 1 amide bonds. The lowest BCUT2D eigenvalue weighted by atomic mass is 10.6. The molecule has 0 saturated carbocycles. The predicted molar refractivity (Wildman–Crippen MR) is 38.4 cm³/mol. The van der Waals surface area contributed by atoms with Crippen molar-refractivity contribution < 1.29 is 4.79 Å². The smallest absolute Gasteiger partial charge is 0.299 e. The van der Waals surface area contributed by atoms with Crippen LogP contribution in [0.15, 0.2) is 17.5 Å². The van der Waals surface area contributed by atoms with Crippen molar-refractivity contribution in [2.45, 2.75) is 0 Å². The van der Waals surface area contributed by atoms with Crippen LogP contribution in [0.1, 0.15) is 0 Å². The summed E-state index contributed by atoms with van der Waals surface area (Å²) in [5.41, 5.74) is 0. The Morgan fingerprint density at radius 2 is 2.56 bits per heavy atom. The Morgan fingerprint density at radius 3 is 3.00 bits per heavy atom. The molecule has 1 radical (unpaired) electrons. The lowest BCUT2D eigenvalue weighted by Crippen LogP contribution is -2.11. The fourth-order valence-electron chi connectivity index (χ4n) is 0.506. The molecule has 0 spiro atoms. The van der Waals surface area contributed by atoms with Gasteiger partial charge < -0.3 is 0 Å². The van der Waals surface area contributed by atoms with Crippen molar-refractivity contribution in [1.82, 2.24) is 0 Å². The molecule has 1 aromatic heterocycles. The summed E-state index contributed by atoms with van der Waals surface area (Å²) in [7, 11) is 1.68. The highest BCUT2D eigenvalue weighted by Gasteiger charge is 1.97. The molecule has 1 heterocycles. The van der Waals surface area contributed by atoms with Crippen LogP contribution in [0, 0.1) is 0 Å². The van der Waals surface area contributed by atoms with E-state index in [1.165, 1.54) is 16.2 Å². The van der Waals surface area contributed by atoms with E-state index < -0.39 is 0 Å². The second-order valence-electron chi connectivity index (χ2n) is 1.60. The Balaban J connectivity index is 2.76. The summed E-state index contributed by atoms with van der Waals surface area (Å²) in [5.74, 6) is 0. The molecule has 0 aliphatic rings. The largest absolute Gasteiger partial charge is 0.317 e. The van der Waals surface area contributed by atoms with E-state index in [4.69, 9.17) is 0 Å². The van der Waals surface area contributed by atoms with Gasteiger partial charge in [-0.05, 0) is 17.5 Å². The lowest BCUT2D eigenvalue weighted by molar-refractivity contribution is 0.554. The second-order valence-corrected chi connectivity index (χ2v) is 2.53. The number of hydrogen-bond donors (Lipinski definition) is 0. The molecule has 3 heteroatoms. The highest BCUT2D eigenvalue weighted by atomic mass is 32.1. The average Bonchev–Trinajstić information content (AvgIpc) is 2.37. The number of anilines is 1. The van der Waals surface area contributed by atoms with Gasteiger partial charge in [0, 0.05) is 7.05 Å². The van der Waals surface area contributed by atoms with Crippen molar-refractivity contribution >= 4 is 22.7 Å². The van der Waals surface area contributed by atoms with Crippen LogP contribution in [0.5, 0.6) is 0 Å². The Hall–Kier alpha value is -0.830. The summed E-state index contributed by atoms with van der Waals surface area (Å²) in [6.45, 7) is 0. The van der Waals surface area contributed by atoms with Crippen molar-refractivity contribution in [1.29, 1.82) is 0 Å². The standard InChI is InChI=1S/C6H6NOS/c1-7(5-8)6-3-2-4-9-6/h2-4H,1H3. The first-order valence-corrected chi connectivity index (χ1v) is 3.37. The summed E-state index contributed by atoms with van der Waals surface area (Å²) < 4.78 is 0. The van der Waals surface area contributed by atoms with Gasteiger partial charge in [0.2, 0.25) is 0 Å². The summed E-state index contributed by atoms with van der Waals surface area (Å²) >= 11 is 1.52. The van der Waals surface area contributed by atoms with E-state index >= 15 is 0 Å². The van der Waals surface area contributed by atoms with E-state index in [-0.39, 0.29) is 0 Å². The van der Waals surface area contributed by atoms with E-state index in [0.717, 1.165) is 5.00 Å². The van der Waals surface area contributed by atoms with E-state index in [0.29, 0.717) is 0 Å². The molecule has 0 aliphatic heterocycles. The number of nitrogens with zero attached hydrogens (tertiary/aromatic N) is 1. The third-order valence-electron chi connectivity index (χ3n) is 0.974. The molecule has 0 bridgehead atoms. The molecule has 1 aromatic rings. The molecule has 0 aromatic carbocycles. The van der Waals surface area contributed by atoms with Crippen molar-refractivity contribution in [3.63, 3.8) is 0 Å². The van der Waals surface area contributed by atoms with Crippen LogP contribution < -0.4 is 4.90 Å². The molecule has 9 heavy (non-hydrogen) atoms. The Bertz CT molecular complexity index is 183. The van der Waals surface area contributed by atoms with Gasteiger partial charge in [-0.1, -0.05) is 0 Å². The second kappa shape index (κ2) is 2.64. The summed E-state index contributed by atoms with van der Waals surface area (Å²) in [4.78, 5) is 11.4. The van der Waals surface area contributed by atoms with Crippen LogP contribution in [-0.4, -0.2) is 13.5 Å². The molecule has 47 valence electrons.